The maximum Gasteiger partial charge on any atom is 0.243 e. The summed E-state index contributed by atoms with van der Waals surface area (Å²) >= 11 is 0. The summed E-state index contributed by atoms with van der Waals surface area (Å²) in [5.41, 5.74) is 3.49. The van der Waals surface area contributed by atoms with Gasteiger partial charge in [-0.3, -0.25) is 4.79 Å². The summed E-state index contributed by atoms with van der Waals surface area (Å²) in [7, 11) is -0.747. The number of carbonyl (C=O) groups is 1. The van der Waals surface area contributed by atoms with Crippen molar-refractivity contribution in [3.8, 4) is 5.75 Å². The van der Waals surface area contributed by atoms with E-state index in [4.69, 9.17) is 4.74 Å². The minimum absolute atomic E-state index is 0.0409. The summed E-state index contributed by atoms with van der Waals surface area (Å²) < 4.78 is 33.3. The van der Waals surface area contributed by atoms with E-state index in [-0.39, 0.29) is 23.1 Å². The molecule has 0 saturated heterocycles. The lowest BCUT2D eigenvalue weighted by Crippen LogP contribution is -2.34. The van der Waals surface area contributed by atoms with Crippen molar-refractivity contribution in [3.05, 3.63) is 89.5 Å². The van der Waals surface area contributed by atoms with Gasteiger partial charge in [-0.2, -0.15) is 4.31 Å². The first-order valence-electron chi connectivity index (χ1n) is 11.2. The zero-order valence-electron chi connectivity index (χ0n) is 20.3. The Morgan fingerprint density at radius 3 is 2.21 bits per heavy atom. The summed E-state index contributed by atoms with van der Waals surface area (Å²) in [6, 6.07) is 20.6. The van der Waals surface area contributed by atoms with E-state index in [2.05, 4.69) is 19.2 Å². The van der Waals surface area contributed by atoms with Crippen LogP contribution in [0.3, 0.4) is 0 Å². The molecule has 34 heavy (non-hydrogen) atoms. The van der Waals surface area contributed by atoms with Crippen LogP contribution in [-0.4, -0.2) is 32.8 Å². The van der Waals surface area contributed by atoms with Gasteiger partial charge >= 0.3 is 0 Å². The molecule has 7 heteroatoms. The molecule has 0 unspecified atom stereocenters. The Balaban J connectivity index is 1.96. The lowest BCUT2D eigenvalue weighted by molar-refractivity contribution is -0.117. The molecule has 0 aliphatic rings. The van der Waals surface area contributed by atoms with Crippen molar-refractivity contribution in [2.75, 3.05) is 19.5 Å². The highest BCUT2D eigenvalue weighted by Gasteiger charge is 2.31. The quantitative estimate of drug-likeness (QED) is 0.438. The van der Waals surface area contributed by atoms with Crippen LogP contribution in [0, 0.1) is 6.92 Å². The molecule has 180 valence electrons. The van der Waals surface area contributed by atoms with Crippen molar-refractivity contribution in [2.24, 2.45) is 0 Å². The number of amides is 1. The fraction of sp³-hybridized carbons (Fsp3) is 0.296. The molecule has 3 rings (SSSR count). The van der Waals surface area contributed by atoms with Gasteiger partial charge in [0.25, 0.3) is 0 Å². The highest BCUT2D eigenvalue weighted by molar-refractivity contribution is 7.89. The number of methoxy groups -OCH3 is 1. The van der Waals surface area contributed by atoms with E-state index in [1.165, 1.54) is 11.4 Å². The molecule has 0 heterocycles. The Morgan fingerprint density at radius 1 is 0.971 bits per heavy atom. The average Bonchev–Trinajstić information content (AvgIpc) is 2.84. The molecule has 1 atom stereocenters. The lowest BCUT2D eigenvalue weighted by Gasteiger charge is -2.28. The SMILES string of the molecule is COc1ccc([C@H](CC(=O)Nc2c(C)cccc2C(C)C)N(C)S(=O)(=O)c2ccccc2)cc1. The van der Waals surface area contributed by atoms with Crippen molar-refractivity contribution in [1.82, 2.24) is 4.31 Å². The third-order valence-electron chi connectivity index (χ3n) is 5.93. The zero-order valence-corrected chi connectivity index (χ0v) is 21.1. The zero-order chi connectivity index (χ0) is 24.9. The van der Waals surface area contributed by atoms with E-state index >= 15 is 0 Å². The fourth-order valence-corrected chi connectivity index (χ4v) is 5.28. The van der Waals surface area contributed by atoms with Gasteiger partial charge < -0.3 is 10.1 Å². The maximum atomic E-state index is 13.4. The molecule has 0 aliphatic heterocycles. The molecule has 0 radical (unpaired) electrons. The van der Waals surface area contributed by atoms with Gasteiger partial charge in [-0.15, -0.1) is 0 Å². The number of hydrogen-bond acceptors (Lipinski definition) is 4. The highest BCUT2D eigenvalue weighted by Crippen LogP contribution is 2.32. The maximum absolute atomic E-state index is 13.4. The minimum atomic E-state index is -3.83. The predicted octanol–water partition coefficient (Wildman–Crippen LogP) is 5.52. The Kier molecular flexibility index (Phi) is 8.12. The largest absolute Gasteiger partial charge is 0.497 e. The van der Waals surface area contributed by atoms with Crippen molar-refractivity contribution in [1.29, 1.82) is 0 Å². The Hall–Kier alpha value is -3.16. The normalized spacial score (nSPS) is 12.6. The number of aryl methyl sites for hydroxylation is 1. The summed E-state index contributed by atoms with van der Waals surface area (Å²) in [5.74, 6) is 0.628. The molecule has 0 aliphatic carbocycles. The second kappa shape index (κ2) is 10.8. The standard InChI is InChI=1S/C27H32N2O4S/c1-19(2)24-13-9-10-20(3)27(24)28-26(30)18-25(21-14-16-22(33-5)17-15-21)29(4)34(31,32)23-11-7-6-8-12-23/h6-17,19,25H,18H2,1-5H3,(H,28,30)/t25-/m0/s1. The molecule has 6 nitrogen and oxygen atoms in total. The van der Waals surface area contributed by atoms with E-state index in [0.717, 1.165) is 16.8 Å². The summed E-state index contributed by atoms with van der Waals surface area (Å²) in [4.78, 5) is 13.4. The van der Waals surface area contributed by atoms with Crippen molar-refractivity contribution >= 4 is 21.6 Å². The third kappa shape index (κ3) is 5.66. The molecule has 1 N–H and O–H groups in total. The van der Waals surface area contributed by atoms with Crippen LogP contribution in [0.25, 0.3) is 0 Å². The van der Waals surface area contributed by atoms with Crippen LogP contribution in [0.4, 0.5) is 5.69 Å². The molecular weight excluding hydrogens is 448 g/mol. The number of ether oxygens (including phenoxy) is 1. The van der Waals surface area contributed by atoms with Gasteiger partial charge in [-0.05, 0) is 53.8 Å². The Labute approximate surface area is 202 Å². The number of anilines is 1. The van der Waals surface area contributed by atoms with Crippen LogP contribution >= 0.6 is 0 Å². The summed E-state index contributed by atoms with van der Waals surface area (Å²) in [6.07, 6.45) is -0.0409. The van der Waals surface area contributed by atoms with E-state index < -0.39 is 16.1 Å². The van der Waals surface area contributed by atoms with Crippen LogP contribution in [0.5, 0.6) is 5.75 Å². The van der Waals surface area contributed by atoms with E-state index in [1.807, 2.05) is 25.1 Å². The smallest absolute Gasteiger partial charge is 0.243 e. The van der Waals surface area contributed by atoms with Crippen molar-refractivity contribution < 1.29 is 17.9 Å². The fourth-order valence-electron chi connectivity index (χ4n) is 3.92. The number of nitrogens with one attached hydrogen (secondary N) is 1. The number of sulfonamides is 1. The van der Waals surface area contributed by atoms with Gasteiger partial charge in [0.05, 0.1) is 18.0 Å². The molecule has 1 amide bonds. The van der Waals surface area contributed by atoms with E-state index in [0.29, 0.717) is 11.3 Å². The third-order valence-corrected chi connectivity index (χ3v) is 7.81. The number of nitrogens with zero attached hydrogens (tertiary/aromatic N) is 1. The van der Waals surface area contributed by atoms with Crippen molar-refractivity contribution in [2.45, 2.75) is 44.0 Å². The van der Waals surface area contributed by atoms with Gasteiger partial charge in [0.15, 0.2) is 0 Å². The predicted molar refractivity (Wildman–Crippen MR) is 136 cm³/mol. The van der Waals surface area contributed by atoms with Crippen LogP contribution in [0.1, 0.15) is 48.9 Å². The second-order valence-corrected chi connectivity index (χ2v) is 10.6. The van der Waals surface area contributed by atoms with Gasteiger partial charge in [-0.25, -0.2) is 8.42 Å². The molecule has 0 aromatic heterocycles. The number of rotatable bonds is 9. The number of carbonyl (C=O) groups excluding carboxylic acids is 1. The minimum Gasteiger partial charge on any atom is -0.497 e. The highest BCUT2D eigenvalue weighted by atomic mass is 32.2. The monoisotopic (exact) mass is 480 g/mol. The van der Waals surface area contributed by atoms with E-state index in [1.54, 1.807) is 61.7 Å². The average molecular weight is 481 g/mol. The topological polar surface area (TPSA) is 75.7 Å². The number of benzene rings is 3. The van der Waals surface area contributed by atoms with Crippen molar-refractivity contribution in [3.63, 3.8) is 0 Å². The first-order chi connectivity index (χ1) is 16.1. The van der Waals surface area contributed by atoms with Gasteiger partial charge in [0, 0.05) is 19.2 Å². The van der Waals surface area contributed by atoms with Crippen LogP contribution in [-0.2, 0) is 14.8 Å². The molecule has 3 aromatic rings. The first kappa shape index (κ1) is 25.5. The van der Waals surface area contributed by atoms with Gasteiger partial charge in [0.2, 0.25) is 15.9 Å². The molecule has 0 bridgehead atoms. The van der Waals surface area contributed by atoms with Crippen LogP contribution in [0.15, 0.2) is 77.7 Å². The van der Waals surface area contributed by atoms with Gasteiger partial charge in [-0.1, -0.05) is 62.4 Å². The van der Waals surface area contributed by atoms with E-state index in [9.17, 15) is 13.2 Å². The Morgan fingerprint density at radius 2 is 1.62 bits per heavy atom. The molecule has 0 spiro atoms. The molecule has 3 aromatic carbocycles. The summed E-state index contributed by atoms with van der Waals surface area (Å²) in [5, 5.41) is 3.04. The molecular formula is C27H32N2O4S. The lowest BCUT2D eigenvalue weighted by atomic mass is 9.97. The molecule has 0 saturated carbocycles. The molecule has 0 fully saturated rings. The van der Waals surface area contributed by atoms with Crippen LogP contribution in [0.2, 0.25) is 0 Å². The Bertz CT molecular complexity index is 1220. The van der Waals surface area contributed by atoms with Crippen LogP contribution < -0.4 is 10.1 Å². The number of para-hydroxylation sites is 1. The second-order valence-electron chi connectivity index (χ2n) is 8.57. The van der Waals surface area contributed by atoms with Gasteiger partial charge in [0.1, 0.15) is 5.75 Å². The first-order valence-corrected chi connectivity index (χ1v) is 12.7. The number of hydrogen-bond donors (Lipinski definition) is 1. The summed E-state index contributed by atoms with van der Waals surface area (Å²) in [6.45, 7) is 6.10.